The van der Waals surface area contributed by atoms with Gasteiger partial charge >= 0.3 is 0 Å². The summed E-state index contributed by atoms with van der Waals surface area (Å²) in [5.41, 5.74) is 2.72. The number of rotatable bonds is 4. The van der Waals surface area contributed by atoms with Gasteiger partial charge in [-0.3, -0.25) is 0 Å². The Morgan fingerprint density at radius 1 is 1.25 bits per heavy atom. The summed E-state index contributed by atoms with van der Waals surface area (Å²) in [6.07, 6.45) is 6.58. The summed E-state index contributed by atoms with van der Waals surface area (Å²) in [7, 11) is -1.36. The van der Waals surface area contributed by atoms with Crippen molar-refractivity contribution in [1.29, 1.82) is 0 Å². The van der Waals surface area contributed by atoms with Gasteiger partial charge in [0.25, 0.3) is 0 Å². The number of fused-ring (bicyclic) bond motifs is 1. The molecule has 0 aliphatic heterocycles. The molecule has 2 heteroatoms. The van der Waals surface area contributed by atoms with Gasteiger partial charge in [0.2, 0.25) is 0 Å². The number of hydrogen-bond acceptors (Lipinski definition) is 1. The van der Waals surface area contributed by atoms with Gasteiger partial charge in [-0.1, -0.05) is 30.3 Å². The Morgan fingerprint density at radius 3 is 2.75 bits per heavy atom. The summed E-state index contributed by atoms with van der Waals surface area (Å²) in [5.74, 6) is 0.438. The van der Waals surface area contributed by atoms with Gasteiger partial charge in [0.05, 0.1) is 0 Å². The van der Waals surface area contributed by atoms with Gasteiger partial charge in [-0.05, 0) is 43.3 Å². The summed E-state index contributed by atoms with van der Waals surface area (Å²) in [5, 5.41) is 0. The number of hydrogen-bond donors (Lipinski definition) is 0. The Hall–Kier alpha value is -0.863. The molecule has 0 N–H and O–H groups in total. The summed E-state index contributed by atoms with van der Waals surface area (Å²) in [4.78, 5) is 0. The van der Waals surface area contributed by atoms with Crippen molar-refractivity contribution >= 4 is 14.4 Å². The first kappa shape index (κ1) is 11.6. The first-order chi connectivity index (χ1) is 7.56. The predicted octanol–water partition coefficient (Wildman–Crippen LogP) is 3.84. The van der Waals surface area contributed by atoms with Crippen molar-refractivity contribution in [2.75, 3.05) is 6.61 Å². The smallest absolute Gasteiger partial charge is 0.183 e. The molecule has 16 heavy (non-hydrogen) atoms. The van der Waals surface area contributed by atoms with Gasteiger partial charge in [0.15, 0.2) is 8.32 Å². The van der Waals surface area contributed by atoms with Gasteiger partial charge in [-0.15, -0.1) is 0 Å². The minimum absolute atomic E-state index is 0.438. The van der Waals surface area contributed by atoms with E-state index in [1.54, 1.807) is 0 Å². The molecule has 0 bridgehead atoms. The van der Waals surface area contributed by atoms with Crippen LogP contribution in [-0.4, -0.2) is 14.9 Å². The van der Waals surface area contributed by atoms with E-state index in [0.29, 0.717) is 5.92 Å². The zero-order valence-corrected chi connectivity index (χ0v) is 11.3. The van der Waals surface area contributed by atoms with E-state index in [2.05, 4.69) is 56.1 Å². The van der Waals surface area contributed by atoms with E-state index in [0.717, 1.165) is 13.0 Å². The van der Waals surface area contributed by atoms with E-state index in [1.165, 1.54) is 11.1 Å². The zero-order chi connectivity index (χ0) is 11.6. The van der Waals surface area contributed by atoms with Crippen LogP contribution in [-0.2, 0) is 4.43 Å². The zero-order valence-electron chi connectivity index (χ0n) is 10.3. The van der Waals surface area contributed by atoms with Crippen LogP contribution in [0.4, 0.5) is 0 Å². The third-order valence-corrected chi connectivity index (χ3v) is 3.82. The second-order valence-electron chi connectivity index (χ2n) is 5.24. The fourth-order valence-electron chi connectivity index (χ4n) is 1.96. The van der Waals surface area contributed by atoms with Gasteiger partial charge in [0.1, 0.15) is 0 Å². The van der Waals surface area contributed by atoms with E-state index in [-0.39, 0.29) is 0 Å². The highest BCUT2D eigenvalue weighted by Crippen LogP contribution is 2.31. The SMILES string of the molecule is C[Si](C)(C)OCCC1[C]=Cc2ccccc21. The average Bonchev–Trinajstić information content (AvgIpc) is 2.60. The maximum absolute atomic E-state index is 5.89. The van der Waals surface area contributed by atoms with Crippen LogP contribution in [0.1, 0.15) is 23.5 Å². The van der Waals surface area contributed by atoms with Gasteiger partial charge < -0.3 is 4.43 Å². The molecule has 0 aromatic heterocycles. The second kappa shape index (κ2) is 4.56. The first-order valence-electron chi connectivity index (χ1n) is 5.88. The molecule has 0 amide bonds. The van der Waals surface area contributed by atoms with Crippen LogP contribution in [0.25, 0.3) is 6.08 Å². The molecular formula is C14H19OSi. The predicted molar refractivity (Wildman–Crippen MR) is 70.8 cm³/mol. The molecule has 0 fully saturated rings. The Morgan fingerprint density at radius 2 is 2.00 bits per heavy atom. The highest BCUT2D eigenvalue weighted by Gasteiger charge is 2.19. The molecule has 0 saturated carbocycles. The molecule has 1 atom stereocenters. The summed E-state index contributed by atoms with van der Waals surface area (Å²) >= 11 is 0. The van der Waals surface area contributed by atoms with Gasteiger partial charge in [0, 0.05) is 12.5 Å². The third-order valence-electron chi connectivity index (χ3n) is 2.75. The van der Waals surface area contributed by atoms with Crippen LogP contribution in [0.5, 0.6) is 0 Å². The van der Waals surface area contributed by atoms with Crippen LogP contribution >= 0.6 is 0 Å². The minimum atomic E-state index is -1.36. The maximum atomic E-state index is 5.89. The quantitative estimate of drug-likeness (QED) is 0.715. The molecule has 1 aromatic rings. The monoisotopic (exact) mass is 231 g/mol. The van der Waals surface area contributed by atoms with Crippen molar-refractivity contribution in [3.63, 3.8) is 0 Å². The lowest BCUT2D eigenvalue weighted by molar-refractivity contribution is 0.298. The van der Waals surface area contributed by atoms with Crippen molar-refractivity contribution < 1.29 is 4.43 Å². The largest absolute Gasteiger partial charge is 0.418 e. The molecule has 2 rings (SSSR count). The van der Waals surface area contributed by atoms with Crippen molar-refractivity contribution in [3.8, 4) is 0 Å². The van der Waals surface area contributed by atoms with Crippen molar-refractivity contribution in [2.24, 2.45) is 0 Å². The summed E-state index contributed by atoms with van der Waals surface area (Å²) in [6.45, 7) is 7.55. The minimum Gasteiger partial charge on any atom is -0.418 e. The third kappa shape index (κ3) is 2.83. The Bertz CT molecular complexity index is 390. The van der Waals surface area contributed by atoms with Crippen LogP contribution in [0.3, 0.4) is 0 Å². The first-order valence-corrected chi connectivity index (χ1v) is 9.29. The van der Waals surface area contributed by atoms with E-state index in [1.807, 2.05) is 0 Å². The van der Waals surface area contributed by atoms with Crippen molar-refractivity contribution in [1.82, 2.24) is 0 Å². The molecule has 1 aromatic carbocycles. The van der Waals surface area contributed by atoms with Gasteiger partial charge in [-0.25, -0.2) is 0 Å². The number of allylic oxidation sites excluding steroid dienone is 1. The second-order valence-corrected chi connectivity index (χ2v) is 9.76. The lowest BCUT2D eigenvalue weighted by atomic mass is 9.98. The maximum Gasteiger partial charge on any atom is 0.183 e. The Labute approximate surface area is 99.3 Å². The topological polar surface area (TPSA) is 9.23 Å². The van der Waals surface area contributed by atoms with E-state index >= 15 is 0 Å². The normalized spacial score (nSPS) is 18.8. The van der Waals surface area contributed by atoms with Crippen molar-refractivity contribution in [2.45, 2.75) is 32.0 Å². The van der Waals surface area contributed by atoms with Gasteiger partial charge in [-0.2, -0.15) is 0 Å². The molecule has 1 radical (unpaired) electrons. The number of benzene rings is 1. The van der Waals surface area contributed by atoms with E-state index in [9.17, 15) is 0 Å². The summed E-state index contributed by atoms with van der Waals surface area (Å²) in [6, 6.07) is 8.54. The molecule has 0 heterocycles. The van der Waals surface area contributed by atoms with Crippen LogP contribution in [0.2, 0.25) is 19.6 Å². The van der Waals surface area contributed by atoms with E-state index in [4.69, 9.17) is 4.43 Å². The molecule has 0 spiro atoms. The molecule has 1 nitrogen and oxygen atoms in total. The van der Waals surface area contributed by atoms with Crippen LogP contribution in [0.15, 0.2) is 24.3 Å². The fourth-order valence-corrected chi connectivity index (χ4v) is 2.69. The Balaban J connectivity index is 1.92. The lowest BCUT2D eigenvalue weighted by Crippen LogP contribution is -2.26. The molecule has 0 saturated heterocycles. The summed E-state index contributed by atoms with van der Waals surface area (Å²) < 4.78 is 5.89. The highest BCUT2D eigenvalue weighted by molar-refractivity contribution is 6.69. The average molecular weight is 231 g/mol. The molecule has 1 aliphatic rings. The molecule has 85 valence electrons. The van der Waals surface area contributed by atoms with E-state index < -0.39 is 8.32 Å². The molecular weight excluding hydrogens is 212 g/mol. The highest BCUT2D eigenvalue weighted by atomic mass is 28.4. The molecule has 1 aliphatic carbocycles. The molecule has 1 unspecified atom stereocenters. The standard InChI is InChI=1S/C14H19OSi/c1-16(2,3)15-11-10-13-9-8-12-6-4-5-7-14(12)13/h4-8,13H,10-11H2,1-3H3. The van der Waals surface area contributed by atoms with Crippen molar-refractivity contribution in [3.05, 3.63) is 41.5 Å². The fraction of sp³-hybridized carbons (Fsp3) is 0.429. The van der Waals surface area contributed by atoms with Crippen LogP contribution in [0, 0.1) is 6.08 Å². The Kier molecular flexibility index (Phi) is 3.31. The lowest BCUT2D eigenvalue weighted by Gasteiger charge is -2.18. The van der Waals surface area contributed by atoms with Crippen LogP contribution < -0.4 is 0 Å².